The maximum Gasteiger partial charge on any atom is 0.353 e. The molecule has 3 amide bonds. The standard InChI is InChI=1S/C25H36N10O5S/c1-13-20-19(14(2)29-18(36)11-34-12-28-30-31-34)24(38)35(20)21(25(39)40)22(13)41-16-7-17(27-10-16)23(37)33-5-3-32(4-6-33)15-8-26-9-15/h12-17,19-20,26-27H,3-11H2,1-2H3,(H,29,36)(H,39,40)/t13-,14-,16+,17+,19-,20-/m1/s1. The molecule has 5 aliphatic heterocycles. The lowest BCUT2D eigenvalue weighted by Gasteiger charge is -2.47. The number of carboxylic acid groups (broad SMARTS) is 1. The van der Waals surface area contributed by atoms with Crippen molar-refractivity contribution in [3.8, 4) is 0 Å². The van der Waals surface area contributed by atoms with Gasteiger partial charge in [-0.25, -0.2) is 9.48 Å². The number of rotatable bonds is 9. The molecule has 4 fully saturated rings. The number of nitrogens with zero attached hydrogens (tertiary/aromatic N) is 7. The topological polar surface area (TPSA) is 178 Å². The maximum absolute atomic E-state index is 13.3. The Kier molecular flexibility index (Phi) is 7.74. The van der Waals surface area contributed by atoms with Gasteiger partial charge in [0.25, 0.3) is 0 Å². The maximum atomic E-state index is 13.3. The van der Waals surface area contributed by atoms with Gasteiger partial charge in [0.05, 0.1) is 18.0 Å². The van der Waals surface area contributed by atoms with E-state index < -0.39 is 17.9 Å². The monoisotopic (exact) mass is 588 g/mol. The van der Waals surface area contributed by atoms with Crippen LogP contribution >= 0.6 is 11.8 Å². The van der Waals surface area contributed by atoms with E-state index in [1.54, 1.807) is 6.92 Å². The van der Waals surface area contributed by atoms with Crippen molar-refractivity contribution in [2.24, 2.45) is 11.8 Å². The molecule has 0 saturated carbocycles. The van der Waals surface area contributed by atoms with E-state index in [-0.39, 0.29) is 53.2 Å². The third kappa shape index (κ3) is 5.21. The van der Waals surface area contributed by atoms with E-state index in [9.17, 15) is 24.3 Å². The average Bonchev–Trinajstić information content (AvgIpc) is 3.64. The first-order valence-electron chi connectivity index (χ1n) is 14.2. The quantitative estimate of drug-likeness (QED) is 0.224. The third-order valence-electron chi connectivity index (χ3n) is 9.00. The van der Waals surface area contributed by atoms with Gasteiger partial charge >= 0.3 is 5.97 Å². The molecule has 0 aromatic carbocycles. The van der Waals surface area contributed by atoms with Crippen LogP contribution in [0.2, 0.25) is 0 Å². The third-order valence-corrected chi connectivity index (χ3v) is 10.5. The Morgan fingerprint density at radius 3 is 2.59 bits per heavy atom. The fourth-order valence-electron chi connectivity index (χ4n) is 6.71. The van der Waals surface area contributed by atoms with Crippen molar-refractivity contribution in [3.63, 3.8) is 0 Å². The summed E-state index contributed by atoms with van der Waals surface area (Å²) in [5.41, 5.74) is 0.0253. The predicted octanol–water partition coefficient (Wildman–Crippen LogP) is -2.47. The van der Waals surface area contributed by atoms with Gasteiger partial charge in [0.15, 0.2) is 0 Å². The number of β-lactam (4-membered cyclic amide) rings is 1. The van der Waals surface area contributed by atoms with E-state index in [4.69, 9.17) is 0 Å². The van der Waals surface area contributed by atoms with Crippen LogP contribution < -0.4 is 16.0 Å². The Labute approximate surface area is 241 Å². The molecule has 4 N–H and O–H groups in total. The number of thioether (sulfide) groups is 1. The van der Waals surface area contributed by atoms with E-state index >= 15 is 0 Å². The zero-order valence-corrected chi connectivity index (χ0v) is 23.9. The number of tetrazole rings is 1. The van der Waals surface area contributed by atoms with Gasteiger partial charge in [-0.1, -0.05) is 6.92 Å². The van der Waals surface area contributed by atoms with Gasteiger partial charge in [-0.3, -0.25) is 19.3 Å². The van der Waals surface area contributed by atoms with Crippen molar-refractivity contribution < 1.29 is 24.3 Å². The zero-order chi connectivity index (χ0) is 28.8. The molecular weight excluding hydrogens is 552 g/mol. The number of aliphatic carboxylic acids is 1. The lowest BCUT2D eigenvalue weighted by molar-refractivity contribution is -0.158. The lowest BCUT2D eigenvalue weighted by atomic mass is 9.78. The minimum absolute atomic E-state index is 0.0127. The summed E-state index contributed by atoms with van der Waals surface area (Å²) in [4.78, 5) is 57.7. The summed E-state index contributed by atoms with van der Waals surface area (Å²) in [6.45, 7) is 9.46. The number of carbonyl (C=O) groups is 4. The molecule has 6 heterocycles. The molecule has 0 spiro atoms. The van der Waals surface area contributed by atoms with Crippen molar-refractivity contribution in [1.82, 2.24) is 50.9 Å². The smallest absolute Gasteiger partial charge is 0.353 e. The summed E-state index contributed by atoms with van der Waals surface area (Å²) in [6.07, 6.45) is 1.93. The van der Waals surface area contributed by atoms with Gasteiger partial charge in [0, 0.05) is 74.0 Å². The second-order valence-corrected chi connectivity index (χ2v) is 12.8. The number of carbonyl (C=O) groups excluding carboxylic acids is 3. The fraction of sp³-hybridized carbons (Fsp3) is 0.720. The van der Waals surface area contributed by atoms with Gasteiger partial charge < -0.3 is 30.9 Å². The van der Waals surface area contributed by atoms with Crippen LogP contribution in [0.4, 0.5) is 0 Å². The van der Waals surface area contributed by atoms with Gasteiger partial charge in [-0.2, -0.15) is 0 Å². The lowest BCUT2D eigenvalue weighted by Crippen LogP contribution is -2.66. The molecular formula is C25H36N10O5S. The SMILES string of the molecule is C[C@@H](NC(=O)Cn1cnnn1)[C@H]1C(=O)N2C(C(=O)O)=C(S[C@@H]3CN[C@H](C(=O)N4CCN(C5CNC5)CC4)C3)[C@H](C)[C@H]12. The minimum atomic E-state index is -1.14. The number of nitrogens with one attached hydrogen (secondary N) is 3. The molecule has 1 aromatic rings. The predicted molar refractivity (Wildman–Crippen MR) is 146 cm³/mol. The second kappa shape index (κ2) is 11.3. The normalized spacial score (nSPS) is 31.1. The summed E-state index contributed by atoms with van der Waals surface area (Å²) in [7, 11) is 0. The second-order valence-electron chi connectivity index (χ2n) is 11.5. The van der Waals surface area contributed by atoms with Crippen LogP contribution in [0.5, 0.6) is 0 Å². The highest BCUT2D eigenvalue weighted by molar-refractivity contribution is 8.03. The van der Waals surface area contributed by atoms with Gasteiger partial charge in [-0.05, 0) is 23.8 Å². The Morgan fingerprint density at radius 2 is 1.95 bits per heavy atom. The van der Waals surface area contributed by atoms with Crippen LogP contribution in [-0.2, 0) is 25.7 Å². The highest BCUT2D eigenvalue weighted by Crippen LogP contribution is 2.51. The Morgan fingerprint density at radius 1 is 1.20 bits per heavy atom. The number of piperazine rings is 1. The van der Waals surface area contributed by atoms with Gasteiger partial charge in [-0.15, -0.1) is 16.9 Å². The van der Waals surface area contributed by atoms with Crippen molar-refractivity contribution in [3.05, 3.63) is 16.9 Å². The van der Waals surface area contributed by atoms with Crippen molar-refractivity contribution in [2.75, 3.05) is 45.8 Å². The Hall–Kier alpha value is -3.08. The average molecular weight is 589 g/mol. The highest BCUT2D eigenvalue weighted by atomic mass is 32.2. The molecule has 1 aromatic heterocycles. The first kappa shape index (κ1) is 28.1. The summed E-state index contributed by atoms with van der Waals surface area (Å²) in [5, 5.41) is 30.3. The molecule has 5 aliphatic rings. The number of hydrogen-bond acceptors (Lipinski definition) is 11. The number of aromatic nitrogens is 4. The van der Waals surface area contributed by atoms with Crippen molar-refractivity contribution in [2.45, 2.75) is 56.2 Å². The summed E-state index contributed by atoms with van der Waals surface area (Å²) in [5.74, 6) is -2.42. The van der Waals surface area contributed by atoms with Crippen LogP contribution in [-0.4, -0.2) is 139 Å². The summed E-state index contributed by atoms with van der Waals surface area (Å²) in [6, 6.07) is -0.562. The minimum Gasteiger partial charge on any atom is -0.477 e. The molecule has 0 radical (unpaired) electrons. The molecule has 222 valence electrons. The van der Waals surface area contributed by atoms with Crippen LogP contribution in [0.1, 0.15) is 20.3 Å². The first-order chi connectivity index (χ1) is 19.7. The number of hydrogen-bond donors (Lipinski definition) is 4. The molecule has 0 unspecified atom stereocenters. The molecule has 0 aliphatic carbocycles. The highest BCUT2D eigenvalue weighted by Gasteiger charge is 2.60. The molecule has 6 atom stereocenters. The zero-order valence-electron chi connectivity index (χ0n) is 23.1. The fourth-order valence-corrected chi connectivity index (χ4v) is 8.18. The van der Waals surface area contributed by atoms with Gasteiger partial charge in [0.2, 0.25) is 17.7 Å². The Balaban J connectivity index is 1.06. The Bertz CT molecular complexity index is 1230. The molecule has 6 rings (SSSR count). The van der Waals surface area contributed by atoms with E-state index in [1.165, 1.54) is 27.7 Å². The summed E-state index contributed by atoms with van der Waals surface area (Å²) < 4.78 is 1.29. The van der Waals surface area contributed by atoms with E-state index in [2.05, 4.69) is 36.4 Å². The van der Waals surface area contributed by atoms with E-state index in [1.807, 2.05) is 11.8 Å². The molecule has 15 nitrogen and oxygen atoms in total. The van der Waals surface area contributed by atoms with Crippen molar-refractivity contribution in [1.29, 1.82) is 0 Å². The summed E-state index contributed by atoms with van der Waals surface area (Å²) >= 11 is 1.47. The van der Waals surface area contributed by atoms with E-state index in [0.29, 0.717) is 23.9 Å². The first-order valence-corrected chi connectivity index (χ1v) is 15.0. The number of carboxylic acids is 1. The van der Waals surface area contributed by atoms with Crippen LogP contribution in [0.15, 0.2) is 16.9 Å². The van der Waals surface area contributed by atoms with Crippen LogP contribution in [0.3, 0.4) is 0 Å². The number of fused-ring (bicyclic) bond motifs is 1. The molecule has 4 saturated heterocycles. The van der Waals surface area contributed by atoms with Crippen LogP contribution in [0.25, 0.3) is 0 Å². The van der Waals surface area contributed by atoms with Crippen LogP contribution in [0, 0.1) is 11.8 Å². The van der Waals surface area contributed by atoms with E-state index in [0.717, 1.165) is 39.3 Å². The largest absolute Gasteiger partial charge is 0.477 e. The number of amides is 3. The van der Waals surface area contributed by atoms with Gasteiger partial charge in [0.1, 0.15) is 18.6 Å². The molecule has 16 heteroatoms. The molecule has 0 bridgehead atoms. The van der Waals surface area contributed by atoms with Crippen molar-refractivity contribution >= 4 is 35.5 Å². The molecule has 41 heavy (non-hydrogen) atoms.